The molecule has 0 aliphatic heterocycles. The summed E-state index contributed by atoms with van der Waals surface area (Å²) in [5.74, 6) is -0.315. The Morgan fingerprint density at radius 2 is 2.40 bits per heavy atom. The van der Waals surface area contributed by atoms with Crippen LogP contribution < -0.4 is 9.67 Å². The Kier molecular flexibility index (Phi) is 1.53. The smallest absolute Gasteiger partial charge is 0.599 e. The quantitative estimate of drug-likeness (QED) is 0.496. The van der Waals surface area contributed by atoms with Crippen LogP contribution in [-0.4, -0.2) is 11.2 Å². The minimum atomic E-state index is -1.15. The zero-order valence-electron chi connectivity index (χ0n) is 5.02. The number of pyridine rings is 1. The summed E-state index contributed by atoms with van der Waals surface area (Å²) in [6.07, 6.45) is 1.14. The number of rotatable bonds is 0. The first-order chi connectivity index (χ1) is 4.70. The first-order valence-corrected chi connectivity index (χ1v) is 2.62. The van der Waals surface area contributed by atoms with Crippen molar-refractivity contribution in [3.8, 4) is 5.75 Å². The third-order valence-electron chi connectivity index (χ3n) is 0.994. The molecule has 4 nitrogen and oxygen atoms in total. The Morgan fingerprint density at radius 1 is 1.70 bits per heavy atom. The zero-order valence-corrected chi connectivity index (χ0v) is 5.02. The monoisotopic (exact) mass is 139 g/mol. The van der Waals surface area contributed by atoms with Crippen molar-refractivity contribution in [2.75, 3.05) is 0 Å². The molecule has 0 bridgehead atoms. The van der Waals surface area contributed by atoms with Crippen molar-refractivity contribution in [2.24, 2.45) is 0 Å². The van der Waals surface area contributed by atoms with Crippen LogP contribution in [0, 0.1) is 0 Å². The number of nitrogens with zero attached hydrogens (tertiary/aromatic N) is 1. The lowest BCUT2D eigenvalue weighted by atomic mass is 10.4. The number of aromatic nitrogens is 1. The van der Waals surface area contributed by atoms with Crippen LogP contribution in [0.15, 0.2) is 24.5 Å². The fraction of sp³-hybridized carbons (Fsp3) is 0. The van der Waals surface area contributed by atoms with Gasteiger partial charge in [-0.1, -0.05) is 10.6 Å². The highest BCUT2D eigenvalue weighted by Crippen LogP contribution is 1.94. The molecule has 0 fully saturated rings. The van der Waals surface area contributed by atoms with E-state index in [4.69, 9.17) is 5.11 Å². The van der Waals surface area contributed by atoms with Crippen LogP contribution in [0.5, 0.6) is 5.75 Å². The molecular formula is C6H5NO3. The Morgan fingerprint density at radius 3 is 2.80 bits per heavy atom. The molecule has 4 heteroatoms. The summed E-state index contributed by atoms with van der Waals surface area (Å²) in [6.45, 7) is 0. The van der Waals surface area contributed by atoms with E-state index < -0.39 is 6.09 Å². The second-order valence-electron chi connectivity index (χ2n) is 1.73. The van der Waals surface area contributed by atoms with E-state index in [1.807, 2.05) is 0 Å². The molecule has 0 saturated heterocycles. The van der Waals surface area contributed by atoms with Crippen molar-refractivity contribution in [3.05, 3.63) is 24.5 Å². The van der Waals surface area contributed by atoms with Gasteiger partial charge in [0.1, 0.15) is 0 Å². The van der Waals surface area contributed by atoms with Crippen LogP contribution in [0.3, 0.4) is 0 Å². The lowest BCUT2D eigenvalue weighted by Gasteiger charge is -1.97. The first-order valence-electron chi connectivity index (χ1n) is 2.62. The molecule has 0 radical (unpaired) electrons. The molecule has 1 aromatic rings. The fourth-order valence-corrected chi connectivity index (χ4v) is 0.573. The number of carboxylic acid groups (broad SMARTS) is 1. The average Bonchev–Trinajstić information content (AvgIpc) is 1.88. The third-order valence-corrected chi connectivity index (χ3v) is 0.994. The van der Waals surface area contributed by atoms with Gasteiger partial charge in [-0.25, -0.2) is 0 Å². The fourth-order valence-electron chi connectivity index (χ4n) is 0.573. The standard InChI is InChI=1S/C6H5NO3/c8-5-2-1-3-7(4-5)6(9)10/h1-4H,(H-,8,9,10). The largest absolute Gasteiger partial charge is 0.868 e. The van der Waals surface area contributed by atoms with Crippen LogP contribution in [0.25, 0.3) is 0 Å². The summed E-state index contributed by atoms with van der Waals surface area (Å²) >= 11 is 0. The molecule has 52 valence electrons. The number of hydrogen-bond donors (Lipinski definition) is 1. The molecule has 1 aromatic heterocycles. The minimum absolute atomic E-state index is 0.315. The molecule has 0 saturated carbocycles. The van der Waals surface area contributed by atoms with Crippen LogP contribution in [0.4, 0.5) is 4.79 Å². The molecule has 0 atom stereocenters. The molecule has 0 amide bonds. The molecule has 1 rings (SSSR count). The van der Waals surface area contributed by atoms with Gasteiger partial charge in [0.2, 0.25) is 0 Å². The predicted octanol–water partition coefficient (Wildman–Crippen LogP) is -0.426. The second kappa shape index (κ2) is 2.34. The van der Waals surface area contributed by atoms with Crippen molar-refractivity contribution < 1.29 is 19.6 Å². The summed E-state index contributed by atoms with van der Waals surface area (Å²) in [5.41, 5.74) is 0. The minimum Gasteiger partial charge on any atom is -0.868 e. The summed E-state index contributed by atoms with van der Waals surface area (Å²) in [7, 11) is 0. The van der Waals surface area contributed by atoms with Crippen LogP contribution >= 0.6 is 0 Å². The van der Waals surface area contributed by atoms with E-state index in [1.165, 1.54) is 18.3 Å². The van der Waals surface area contributed by atoms with E-state index >= 15 is 0 Å². The second-order valence-corrected chi connectivity index (χ2v) is 1.73. The Labute approximate surface area is 57.0 Å². The Hall–Kier alpha value is -1.58. The molecule has 10 heavy (non-hydrogen) atoms. The van der Waals surface area contributed by atoms with Crippen molar-refractivity contribution in [1.29, 1.82) is 0 Å². The van der Waals surface area contributed by atoms with Crippen molar-refractivity contribution >= 4 is 6.09 Å². The molecule has 1 N–H and O–H groups in total. The van der Waals surface area contributed by atoms with Crippen LogP contribution in [0.1, 0.15) is 0 Å². The van der Waals surface area contributed by atoms with E-state index in [2.05, 4.69) is 0 Å². The van der Waals surface area contributed by atoms with E-state index in [1.54, 1.807) is 0 Å². The third kappa shape index (κ3) is 1.22. The van der Waals surface area contributed by atoms with Gasteiger partial charge in [-0.05, 0) is 5.75 Å². The van der Waals surface area contributed by atoms with Crippen LogP contribution in [0.2, 0.25) is 0 Å². The van der Waals surface area contributed by atoms with E-state index in [9.17, 15) is 9.90 Å². The maximum Gasteiger partial charge on any atom is 0.599 e. The zero-order chi connectivity index (χ0) is 7.56. The highest BCUT2D eigenvalue weighted by atomic mass is 16.4. The highest BCUT2D eigenvalue weighted by molar-refractivity contribution is 5.53. The van der Waals surface area contributed by atoms with E-state index in [-0.39, 0.29) is 5.75 Å². The van der Waals surface area contributed by atoms with Gasteiger partial charge < -0.3 is 10.2 Å². The van der Waals surface area contributed by atoms with Crippen molar-refractivity contribution in [1.82, 2.24) is 0 Å². The normalized spacial score (nSPS) is 9.20. The van der Waals surface area contributed by atoms with Gasteiger partial charge in [-0.15, -0.1) is 0 Å². The predicted molar refractivity (Wildman–Crippen MR) is 29.5 cm³/mol. The topological polar surface area (TPSA) is 64.2 Å². The summed E-state index contributed by atoms with van der Waals surface area (Å²) in [5, 5.41) is 18.8. The summed E-state index contributed by atoms with van der Waals surface area (Å²) in [4.78, 5) is 10.2. The SMILES string of the molecule is O=C(O)[n+]1cccc([O-])c1. The van der Waals surface area contributed by atoms with Gasteiger partial charge in [0, 0.05) is 6.07 Å². The lowest BCUT2D eigenvalue weighted by molar-refractivity contribution is -0.588. The van der Waals surface area contributed by atoms with Gasteiger partial charge in [-0.3, -0.25) is 0 Å². The van der Waals surface area contributed by atoms with Gasteiger partial charge in [0.05, 0.1) is 0 Å². The molecule has 1 heterocycles. The summed E-state index contributed by atoms with van der Waals surface area (Å²) < 4.78 is 0.808. The molecule has 0 aromatic carbocycles. The van der Waals surface area contributed by atoms with E-state index in [0.29, 0.717) is 0 Å². The molecule has 0 aliphatic carbocycles. The molecule has 0 unspecified atom stereocenters. The maximum absolute atomic E-state index is 10.5. The van der Waals surface area contributed by atoms with Gasteiger partial charge in [-0.2, -0.15) is 4.79 Å². The Balaban J connectivity index is 3.07. The lowest BCUT2D eigenvalue weighted by Crippen LogP contribution is -2.40. The van der Waals surface area contributed by atoms with Crippen molar-refractivity contribution in [2.45, 2.75) is 0 Å². The first kappa shape index (κ1) is 6.54. The summed E-state index contributed by atoms with van der Waals surface area (Å²) in [6, 6.07) is 2.68. The molecule has 0 aliphatic rings. The van der Waals surface area contributed by atoms with Crippen molar-refractivity contribution in [3.63, 3.8) is 0 Å². The number of hydrogen-bond acceptors (Lipinski definition) is 2. The average molecular weight is 139 g/mol. The Bertz CT molecular complexity index is 259. The number of carbonyl (C=O) groups is 1. The maximum atomic E-state index is 10.5. The van der Waals surface area contributed by atoms with Crippen LogP contribution in [-0.2, 0) is 0 Å². The molecule has 0 spiro atoms. The van der Waals surface area contributed by atoms with E-state index in [0.717, 1.165) is 10.8 Å². The van der Waals surface area contributed by atoms with Gasteiger partial charge in [0.15, 0.2) is 12.4 Å². The van der Waals surface area contributed by atoms with Gasteiger partial charge in [0.25, 0.3) is 0 Å². The molecular weight excluding hydrogens is 134 g/mol. The highest BCUT2D eigenvalue weighted by Gasteiger charge is 2.07. The van der Waals surface area contributed by atoms with Gasteiger partial charge >= 0.3 is 6.09 Å².